The minimum atomic E-state index is 0.0579. The number of hydrogen-bond donors (Lipinski definition) is 1. The Bertz CT molecular complexity index is 260. The van der Waals surface area contributed by atoms with Crippen LogP contribution in [0.15, 0.2) is 18.8 Å². The van der Waals surface area contributed by atoms with E-state index in [1.54, 1.807) is 0 Å². The van der Waals surface area contributed by atoms with Gasteiger partial charge in [0.1, 0.15) is 11.4 Å². The smallest absolute Gasteiger partial charge is 0.142 e. The van der Waals surface area contributed by atoms with Gasteiger partial charge in [0.05, 0.1) is 5.02 Å². The summed E-state index contributed by atoms with van der Waals surface area (Å²) in [5.41, 5.74) is 0.449. The number of nitrogens with zero attached hydrogens (tertiary/aromatic N) is 1. The second-order valence-electron chi connectivity index (χ2n) is 1.76. The largest absolute Gasteiger partial charge is 0.506 e. The molecule has 0 saturated heterocycles. The Morgan fingerprint density at radius 1 is 1.70 bits per heavy atom. The van der Waals surface area contributed by atoms with E-state index < -0.39 is 0 Å². The molecule has 0 fully saturated rings. The predicted molar refractivity (Wildman–Crippen MR) is 41.0 cm³/mol. The number of aromatic nitrogens is 1. The molecule has 1 N–H and O–H groups in total. The zero-order chi connectivity index (χ0) is 7.56. The van der Waals surface area contributed by atoms with Crippen LogP contribution in [0.3, 0.4) is 0 Å². The molecule has 3 heteroatoms. The van der Waals surface area contributed by atoms with Crippen molar-refractivity contribution in [2.75, 3.05) is 0 Å². The molecular formula is C7H6ClNO. The van der Waals surface area contributed by atoms with Crippen molar-refractivity contribution in [3.05, 3.63) is 29.6 Å². The Labute approximate surface area is 63.8 Å². The van der Waals surface area contributed by atoms with Gasteiger partial charge in [0.15, 0.2) is 0 Å². The van der Waals surface area contributed by atoms with E-state index in [-0.39, 0.29) is 5.75 Å². The van der Waals surface area contributed by atoms with Crippen LogP contribution in [0, 0.1) is 0 Å². The molecule has 2 nitrogen and oxygen atoms in total. The summed E-state index contributed by atoms with van der Waals surface area (Å²) in [6, 6.07) is 1.42. The lowest BCUT2D eigenvalue weighted by molar-refractivity contribution is 0.471. The first-order valence-corrected chi connectivity index (χ1v) is 3.09. The highest BCUT2D eigenvalue weighted by Crippen LogP contribution is 2.19. The third-order valence-electron chi connectivity index (χ3n) is 1.06. The fourth-order valence-electron chi connectivity index (χ4n) is 0.596. The summed E-state index contributed by atoms with van der Waals surface area (Å²) in [6.45, 7) is 3.46. The van der Waals surface area contributed by atoms with Crippen molar-refractivity contribution in [1.82, 2.24) is 4.98 Å². The van der Waals surface area contributed by atoms with Crippen LogP contribution < -0.4 is 0 Å². The Kier molecular flexibility index (Phi) is 1.92. The van der Waals surface area contributed by atoms with Gasteiger partial charge in [-0.15, -0.1) is 0 Å². The topological polar surface area (TPSA) is 33.1 Å². The lowest BCUT2D eigenvalue weighted by atomic mass is 10.3. The monoisotopic (exact) mass is 155 g/mol. The predicted octanol–water partition coefficient (Wildman–Crippen LogP) is 2.08. The number of rotatable bonds is 1. The average molecular weight is 156 g/mol. The number of halogens is 1. The van der Waals surface area contributed by atoms with Gasteiger partial charge in [-0.2, -0.15) is 0 Å². The summed E-state index contributed by atoms with van der Waals surface area (Å²) < 4.78 is 0. The van der Waals surface area contributed by atoms with Crippen molar-refractivity contribution in [1.29, 1.82) is 0 Å². The Balaban J connectivity index is 3.19. The van der Waals surface area contributed by atoms with Crippen molar-refractivity contribution >= 4 is 17.7 Å². The summed E-state index contributed by atoms with van der Waals surface area (Å²) in [5, 5.41) is 9.49. The van der Waals surface area contributed by atoms with Crippen molar-refractivity contribution in [3.8, 4) is 5.75 Å². The summed E-state index contributed by atoms with van der Waals surface area (Å²) in [5.74, 6) is 0.0579. The quantitative estimate of drug-likeness (QED) is 0.674. The molecule has 0 bridgehead atoms. The number of hydrogen-bond acceptors (Lipinski definition) is 2. The summed E-state index contributed by atoms with van der Waals surface area (Å²) >= 11 is 5.52. The third kappa shape index (κ3) is 1.28. The average Bonchev–Trinajstić information content (AvgIpc) is 1.88. The van der Waals surface area contributed by atoms with E-state index in [0.29, 0.717) is 10.7 Å². The van der Waals surface area contributed by atoms with Crippen LogP contribution in [0.5, 0.6) is 5.75 Å². The SMILES string of the molecule is C=Cc1ncc(Cl)cc1O. The Morgan fingerprint density at radius 3 is 2.90 bits per heavy atom. The molecule has 0 aromatic carbocycles. The first kappa shape index (κ1) is 7.09. The number of pyridine rings is 1. The highest BCUT2D eigenvalue weighted by molar-refractivity contribution is 6.30. The standard InChI is InChI=1S/C7H6ClNO/c1-2-6-7(10)3-5(8)4-9-6/h2-4,10H,1H2. The second kappa shape index (κ2) is 2.71. The van der Waals surface area contributed by atoms with Gasteiger partial charge in [0, 0.05) is 12.3 Å². The van der Waals surface area contributed by atoms with E-state index in [4.69, 9.17) is 16.7 Å². The van der Waals surface area contributed by atoms with Gasteiger partial charge < -0.3 is 5.11 Å². The molecule has 0 atom stereocenters. The Hall–Kier alpha value is -1.02. The molecule has 1 heterocycles. The van der Waals surface area contributed by atoms with Gasteiger partial charge in [-0.05, 0) is 6.08 Å². The molecule has 0 aliphatic carbocycles. The van der Waals surface area contributed by atoms with E-state index in [0.717, 1.165) is 0 Å². The van der Waals surface area contributed by atoms with E-state index in [1.807, 2.05) is 0 Å². The normalized spacial score (nSPS) is 9.30. The van der Waals surface area contributed by atoms with Crippen LogP contribution in [-0.2, 0) is 0 Å². The molecule has 0 unspecified atom stereocenters. The molecule has 0 saturated carbocycles. The second-order valence-corrected chi connectivity index (χ2v) is 2.20. The Morgan fingerprint density at radius 2 is 2.40 bits per heavy atom. The van der Waals surface area contributed by atoms with Gasteiger partial charge in [-0.1, -0.05) is 18.2 Å². The van der Waals surface area contributed by atoms with Gasteiger partial charge in [-0.3, -0.25) is 4.98 Å². The maximum atomic E-state index is 9.07. The van der Waals surface area contributed by atoms with Gasteiger partial charge in [0.2, 0.25) is 0 Å². The molecule has 1 rings (SSSR count). The molecule has 0 aliphatic rings. The van der Waals surface area contributed by atoms with Crippen LogP contribution in [0.4, 0.5) is 0 Å². The van der Waals surface area contributed by atoms with E-state index >= 15 is 0 Å². The highest BCUT2D eigenvalue weighted by atomic mass is 35.5. The van der Waals surface area contributed by atoms with Crippen molar-refractivity contribution in [2.45, 2.75) is 0 Å². The maximum absolute atomic E-state index is 9.07. The van der Waals surface area contributed by atoms with E-state index in [2.05, 4.69) is 11.6 Å². The van der Waals surface area contributed by atoms with Crippen LogP contribution >= 0.6 is 11.6 Å². The molecule has 0 aliphatic heterocycles. The summed E-state index contributed by atoms with van der Waals surface area (Å²) in [4.78, 5) is 3.80. The fraction of sp³-hybridized carbons (Fsp3) is 0. The zero-order valence-electron chi connectivity index (χ0n) is 5.21. The lowest BCUT2D eigenvalue weighted by Gasteiger charge is -1.95. The maximum Gasteiger partial charge on any atom is 0.142 e. The molecule has 0 amide bonds. The van der Waals surface area contributed by atoms with E-state index in [9.17, 15) is 0 Å². The van der Waals surface area contributed by atoms with Crippen LogP contribution in [0.25, 0.3) is 6.08 Å². The first-order valence-electron chi connectivity index (χ1n) is 2.71. The van der Waals surface area contributed by atoms with Crippen molar-refractivity contribution in [2.24, 2.45) is 0 Å². The van der Waals surface area contributed by atoms with Crippen molar-refractivity contribution < 1.29 is 5.11 Å². The minimum absolute atomic E-state index is 0.0579. The molecule has 52 valence electrons. The molecule has 10 heavy (non-hydrogen) atoms. The van der Waals surface area contributed by atoms with Crippen LogP contribution in [0.1, 0.15) is 5.69 Å². The molecule has 0 spiro atoms. The van der Waals surface area contributed by atoms with Crippen molar-refractivity contribution in [3.63, 3.8) is 0 Å². The van der Waals surface area contributed by atoms with Gasteiger partial charge >= 0.3 is 0 Å². The minimum Gasteiger partial charge on any atom is -0.506 e. The van der Waals surface area contributed by atoms with Gasteiger partial charge in [-0.25, -0.2) is 0 Å². The first-order chi connectivity index (χ1) is 4.74. The van der Waals surface area contributed by atoms with Crippen LogP contribution in [-0.4, -0.2) is 10.1 Å². The number of aromatic hydroxyl groups is 1. The lowest BCUT2D eigenvalue weighted by Crippen LogP contribution is -1.79. The summed E-state index contributed by atoms with van der Waals surface area (Å²) in [7, 11) is 0. The fourth-order valence-corrected chi connectivity index (χ4v) is 0.749. The molecule has 1 aromatic heterocycles. The highest BCUT2D eigenvalue weighted by Gasteiger charge is 1.97. The zero-order valence-corrected chi connectivity index (χ0v) is 5.97. The molecule has 1 aromatic rings. The van der Waals surface area contributed by atoms with Crippen LogP contribution in [0.2, 0.25) is 5.02 Å². The molecular weight excluding hydrogens is 150 g/mol. The van der Waals surface area contributed by atoms with E-state index in [1.165, 1.54) is 18.3 Å². The summed E-state index contributed by atoms with van der Waals surface area (Å²) in [6.07, 6.45) is 2.92. The third-order valence-corrected chi connectivity index (χ3v) is 1.26. The molecule has 0 radical (unpaired) electrons. The van der Waals surface area contributed by atoms with Gasteiger partial charge in [0.25, 0.3) is 0 Å².